The first-order valence-corrected chi connectivity index (χ1v) is 8.35. The van der Waals surface area contributed by atoms with Crippen LogP contribution >= 0.6 is 0 Å². The van der Waals surface area contributed by atoms with Gasteiger partial charge in [-0.25, -0.2) is 0 Å². The summed E-state index contributed by atoms with van der Waals surface area (Å²) >= 11 is 0. The van der Waals surface area contributed by atoms with Crippen LogP contribution in [0.3, 0.4) is 0 Å². The van der Waals surface area contributed by atoms with Crippen LogP contribution in [0.4, 0.5) is 37.7 Å². The van der Waals surface area contributed by atoms with Gasteiger partial charge in [-0.15, -0.1) is 0 Å². The van der Waals surface area contributed by atoms with Gasteiger partial charge in [0, 0.05) is 34.2 Å². The van der Waals surface area contributed by atoms with Crippen LogP contribution in [0.2, 0.25) is 0 Å². The summed E-state index contributed by atoms with van der Waals surface area (Å²) in [6, 6.07) is 6.57. The van der Waals surface area contributed by atoms with Crippen LogP contribution in [-0.4, -0.2) is 22.3 Å². The van der Waals surface area contributed by atoms with Gasteiger partial charge in [0.25, 0.3) is 0 Å². The van der Waals surface area contributed by atoms with E-state index in [0.717, 1.165) is 36.7 Å². The molecular weight excluding hydrogens is 398 g/mol. The summed E-state index contributed by atoms with van der Waals surface area (Å²) in [6.45, 7) is 0. The SMILES string of the molecule is Nc1c[nH]c2cccc(C(c3cccc4[nH]cc(N)c34)(C(F)(F)F)C(F)(F)F)c12. The summed E-state index contributed by atoms with van der Waals surface area (Å²) in [5.41, 5.74) is 4.83. The maximum absolute atomic E-state index is 14.6. The zero-order valence-electron chi connectivity index (χ0n) is 14.5. The maximum atomic E-state index is 14.6. The van der Waals surface area contributed by atoms with Gasteiger partial charge >= 0.3 is 12.4 Å². The number of rotatable bonds is 2. The summed E-state index contributed by atoms with van der Waals surface area (Å²) in [6.07, 6.45) is -9.17. The van der Waals surface area contributed by atoms with E-state index in [1.807, 2.05) is 0 Å². The van der Waals surface area contributed by atoms with Gasteiger partial charge in [0.2, 0.25) is 5.41 Å². The Morgan fingerprint density at radius 3 is 1.34 bits per heavy atom. The number of alkyl halides is 6. The van der Waals surface area contributed by atoms with E-state index < -0.39 is 28.9 Å². The molecule has 0 aliphatic carbocycles. The number of anilines is 2. The van der Waals surface area contributed by atoms with E-state index in [1.165, 1.54) is 12.1 Å². The highest BCUT2D eigenvalue weighted by atomic mass is 19.4. The molecule has 2 aromatic heterocycles. The Balaban J connectivity index is 2.29. The van der Waals surface area contributed by atoms with Gasteiger partial charge < -0.3 is 21.4 Å². The van der Waals surface area contributed by atoms with Gasteiger partial charge in [-0.1, -0.05) is 24.3 Å². The molecule has 0 aliphatic rings. The van der Waals surface area contributed by atoms with Gasteiger partial charge in [-0.05, 0) is 23.3 Å². The summed E-state index contributed by atoms with van der Waals surface area (Å²) in [5, 5.41) is -0.679. The normalized spacial score (nSPS) is 13.4. The van der Waals surface area contributed by atoms with Crippen molar-refractivity contribution < 1.29 is 26.3 Å². The predicted octanol–water partition coefficient (Wildman–Crippen LogP) is 5.22. The molecule has 0 saturated heterocycles. The number of halogens is 6. The molecule has 6 N–H and O–H groups in total. The van der Waals surface area contributed by atoms with Crippen molar-refractivity contribution in [3.8, 4) is 0 Å². The second-order valence-electron chi connectivity index (χ2n) is 6.69. The monoisotopic (exact) mass is 412 g/mol. The average molecular weight is 412 g/mol. The molecule has 0 spiro atoms. The van der Waals surface area contributed by atoms with E-state index in [1.54, 1.807) is 0 Å². The Labute approximate surface area is 159 Å². The molecule has 0 atom stereocenters. The fourth-order valence-corrected chi connectivity index (χ4v) is 3.96. The van der Waals surface area contributed by atoms with E-state index in [2.05, 4.69) is 9.97 Å². The fourth-order valence-electron chi connectivity index (χ4n) is 3.96. The number of aromatic amines is 2. The maximum Gasteiger partial charge on any atom is 0.411 e. The molecule has 4 aromatic rings. The van der Waals surface area contributed by atoms with Crippen molar-refractivity contribution in [1.29, 1.82) is 0 Å². The van der Waals surface area contributed by atoms with Crippen molar-refractivity contribution in [2.24, 2.45) is 0 Å². The Hall–Kier alpha value is -3.30. The molecule has 2 heterocycles. The highest BCUT2D eigenvalue weighted by molar-refractivity contribution is 5.99. The molecule has 0 aliphatic heterocycles. The number of hydrogen-bond donors (Lipinski definition) is 4. The number of nitrogen functional groups attached to an aromatic ring is 2. The number of benzene rings is 2. The number of nitrogens with one attached hydrogen (secondary N) is 2. The zero-order chi connectivity index (χ0) is 21.2. The summed E-state index contributed by atoms with van der Waals surface area (Å²) in [7, 11) is 0. The standard InChI is InChI=1S/C19H14F6N4/c20-18(21,22)17(19(23,24)25,9-3-1-5-13-15(9)11(26)7-28-13)10-4-2-6-14-16(10)12(27)8-29-14/h1-8,28-29H,26-27H2. The Bertz CT molecular complexity index is 1120. The van der Waals surface area contributed by atoms with E-state index in [9.17, 15) is 26.3 Å². The topological polar surface area (TPSA) is 83.6 Å². The summed E-state index contributed by atoms with van der Waals surface area (Å²) in [4.78, 5) is 5.22. The van der Waals surface area contributed by atoms with Crippen molar-refractivity contribution >= 4 is 33.2 Å². The minimum Gasteiger partial charge on any atom is -0.397 e. The quantitative estimate of drug-likeness (QED) is 0.340. The molecule has 0 amide bonds. The third kappa shape index (κ3) is 2.41. The first kappa shape index (κ1) is 19.0. The Kier molecular flexibility index (Phi) is 3.84. The lowest BCUT2D eigenvalue weighted by Crippen LogP contribution is -2.55. The lowest BCUT2D eigenvalue weighted by atomic mass is 9.70. The molecule has 0 fully saturated rings. The second kappa shape index (κ2) is 5.85. The highest BCUT2D eigenvalue weighted by Gasteiger charge is 2.73. The number of aromatic nitrogens is 2. The fraction of sp³-hybridized carbons (Fsp3) is 0.158. The molecule has 2 aromatic carbocycles. The van der Waals surface area contributed by atoms with Gasteiger partial charge in [-0.2, -0.15) is 26.3 Å². The molecule has 0 radical (unpaired) electrons. The van der Waals surface area contributed by atoms with Crippen molar-refractivity contribution in [1.82, 2.24) is 9.97 Å². The lowest BCUT2D eigenvalue weighted by Gasteiger charge is -2.39. The van der Waals surface area contributed by atoms with Crippen LogP contribution in [-0.2, 0) is 5.41 Å². The first-order chi connectivity index (χ1) is 13.5. The smallest absolute Gasteiger partial charge is 0.397 e. The van der Waals surface area contributed by atoms with E-state index in [4.69, 9.17) is 11.5 Å². The van der Waals surface area contributed by atoms with Crippen LogP contribution in [0.15, 0.2) is 48.8 Å². The molecule has 29 heavy (non-hydrogen) atoms. The third-order valence-corrected chi connectivity index (χ3v) is 5.13. The van der Waals surface area contributed by atoms with Crippen LogP contribution < -0.4 is 11.5 Å². The third-order valence-electron chi connectivity index (χ3n) is 5.13. The van der Waals surface area contributed by atoms with Crippen molar-refractivity contribution in [3.63, 3.8) is 0 Å². The minimum absolute atomic E-state index is 0.0621. The van der Waals surface area contributed by atoms with Gasteiger partial charge in [0.1, 0.15) is 0 Å². The zero-order valence-corrected chi connectivity index (χ0v) is 14.5. The number of hydrogen-bond acceptors (Lipinski definition) is 2. The van der Waals surface area contributed by atoms with Gasteiger partial charge in [0.05, 0.1) is 11.4 Å². The summed E-state index contributed by atoms with van der Waals surface area (Å²) < 4.78 is 87.3. The van der Waals surface area contributed by atoms with Crippen molar-refractivity contribution in [2.45, 2.75) is 17.8 Å². The second-order valence-corrected chi connectivity index (χ2v) is 6.69. The Morgan fingerprint density at radius 1 is 0.621 bits per heavy atom. The average Bonchev–Trinajstić information content (AvgIpc) is 3.18. The molecular formula is C19H14F6N4. The molecule has 4 rings (SSSR count). The van der Waals surface area contributed by atoms with Crippen molar-refractivity contribution in [2.75, 3.05) is 11.5 Å². The Morgan fingerprint density at radius 2 is 1.00 bits per heavy atom. The van der Waals surface area contributed by atoms with Crippen LogP contribution in [0, 0.1) is 0 Å². The van der Waals surface area contributed by atoms with E-state index in [0.29, 0.717) is 0 Å². The molecule has 0 bridgehead atoms. The first-order valence-electron chi connectivity index (χ1n) is 8.35. The van der Waals surface area contributed by atoms with Crippen LogP contribution in [0.1, 0.15) is 11.1 Å². The number of fused-ring (bicyclic) bond motifs is 2. The highest BCUT2D eigenvalue weighted by Crippen LogP contribution is 2.59. The van der Waals surface area contributed by atoms with Crippen molar-refractivity contribution in [3.05, 3.63) is 59.9 Å². The van der Waals surface area contributed by atoms with Crippen LogP contribution in [0.5, 0.6) is 0 Å². The minimum atomic E-state index is -5.75. The number of H-pyrrole nitrogens is 2. The molecule has 0 unspecified atom stereocenters. The van der Waals surface area contributed by atoms with Crippen LogP contribution in [0.25, 0.3) is 21.8 Å². The van der Waals surface area contributed by atoms with Gasteiger partial charge in [0.15, 0.2) is 0 Å². The van der Waals surface area contributed by atoms with E-state index in [-0.39, 0.29) is 33.2 Å². The molecule has 0 saturated carbocycles. The number of nitrogens with two attached hydrogens (primary N) is 2. The molecule has 152 valence electrons. The summed E-state index contributed by atoms with van der Waals surface area (Å²) in [5.74, 6) is 0. The molecule has 10 heteroatoms. The van der Waals surface area contributed by atoms with Gasteiger partial charge in [-0.3, -0.25) is 0 Å². The molecule has 4 nitrogen and oxygen atoms in total. The lowest BCUT2D eigenvalue weighted by molar-refractivity contribution is -0.287. The largest absolute Gasteiger partial charge is 0.411 e. The predicted molar refractivity (Wildman–Crippen MR) is 98.3 cm³/mol. The van der Waals surface area contributed by atoms with E-state index >= 15 is 0 Å².